The quantitative estimate of drug-likeness (QED) is 0.261. The van der Waals surface area contributed by atoms with Gasteiger partial charge in [0.1, 0.15) is 24.2 Å². The van der Waals surface area contributed by atoms with E-state index in [0.29, 0.717) is 13.1 Å². The smallest absolute Gasteiger partial charge is 0.245 e. The molecule has 1 heterocycles. The van der Waals surface area contributed by atoms with Gasteiger partial charge in [-0.15, -0.1) is 0 Å². The normalized spacial score (nSPS) is 23.7. The molecule has 5 amide bonds. The van der Waals surface area contributed by atoms with Gasteiger partial charge >= 0.3 is 0 Å². The summed E-state index contributed by atoms with van der Waals surface area (Å²) in [5.41, 5.74) is 1.76. The fraction of sp³-hybridized carbons (Fsp3) is 0.452. The lowest BCUT2D eigenvalue weighted by Gasteiger charge is -2.28. The van der Waals surface area contributed by atoms with Crippen LogP contribution in [0.4, 0.5) is 0 Å². The molecule has 0 bridgehead atoms. The molecule has 0 saturated carbocycles. The highest BCUT2D eigenvalue weighted by Gasteiger charge is 2.31. The van der Waals surface area contributed by atoms with Crippen molar-refractivity contribution in [3.05, 3.63) is 71.8 Å². The SMILES string of the molecule is CC(C)[C@H]1NC(=O)CN(Cc2ccccc2)CCNC(=O)[C@@H](Cc2ccccc2)NC(=O)[C@H](CO)NC(=O)[C@H](C)NC1=O. The first-order valence-corrected chi connectivity index (χ1v) is 14.5. The van der Waals surface area contributed by atoms with Crippen molar-refractivity contribution in [1.82, 2.24) is 31.5 Å². The fourth-order valence-electron chi connectivity index (χ4n) is 4.66. The Bertz CT molecular complexity index is 1240. The summed E-state index contributed by atoms with van der Waals surface area (Å²) in [6, 6.07) is 14.3. The van der Waals surface area contributed by atoms with E-state index in [9.17, 15) is 29.1 Å². The second kappa shape index (κ2) is 16.4. The molecule has 0 unspecified atom stereocenters. The van der Waals surface area contributed by atoms with Crippen LogP contribution in [0.5, 0.6) is 0 Å². The van der Waals surface area contributed by atoms with Crippen molar-refractivity contribution in [2.24, 2.45) is 5.92 Å². The zero-order valence-corrected chi connectivity index (χ0v) is 24.8. The predicted octanol–water partition coefficient (Wildman–Crippen LogP) is -0.531. The molecular formula is C31H42N6O6. The first kappa shape index (κ1) is 33.2. The predicted molar refractivity (Wildman–Crippen MR) is 160 cm³/mol. The summed E-state index contributed by atoms with van der Waals surface area (Å²) in [7, 11) is 0. The third-order valence-corrected chi connectivity index (χ3v) is 7.09. The van der Waals surface area contributed by atoms with Gasteiger partial charge in [0.15, 0.2) is 0 Å². The number of nitrogens with one attached hydrogen (secondary N) is 5. The Morgan fingerprint density at radius 3 is 1.98 bits per heavy atom. The molecule has 4 atom stereocenters. The van der Waals surface area contributed by atoms with E-state index >= 15 is 0 Å². The van der Waals surface area contributed by atoms with Crippen LogP contribution in [0.25, 0.3) is 0 Å². The van der Waals surface area contributed by atoms with E-state index in [1.807, 2.05) is 65.6 Å². The van der Waals surface area contributed by atoms with Gasteiger partial charge in [-0.3, -0.25) is 28.9 Å². The summed E-state index contributed by atoms with van der Waals surface area (Å²) >= 11 is 0. The summed E-state index contributed by atoms with van der Waals surface area (Å²) in [5, 5.41) is 23.2. The Labute approximate surface area is 252 Å². The highest BCUT2D eigenvalue weighted by atomic mass is 16.3. The molecule has 3 rings (SSSR count). The standard InChI is InChI=1S/C31H42N6O6/c1-20(2)27-31(43)33-21(3)28(40)35-25(19-38)30(42)34-24(16-22-10-6-4-7-11-22)29(41)32-14-15-37(18-26(39)36-27)17-23-12-8-5-9-13-23/h4-13,20-21,24-25,27,38H,14-19H2,1-3H3,(H,32,41)(H,33,43)(H,34,42)(H,35,40)(H,36,39)/t21-,24+,25-,27+/m0/s1. The van der Waals surface area contributed by atoms with E-state index in [1.165, 1.54) is 6.92 Å². The highest BCUT2D eigenvalue weighted by Crippen LogP contribution is 2.08. The van der Waals surface area contributed by atoms with Crippen LogP contribution < -0.4 is 26.6 Å². The average Bonchev–Trinajstić information content (AvgIpc) is 2.98. The van der Waals surface area contributed by atoms with Crippen LogP contribution in [-0.2, 0) is 36.9 Å². The minimum absolute atomic E-state index is 0.0420. The van der Waals surface area contributed by atoms with Crippen LogP contribution in [0.2, 0.25) is 0 Å². The second-order valence-electron chi connectivity index (χ2n) is 11.0. The molecule has 0 spiro atoms. The number of nitrogens with zero attached hydrogens (tertiary/aromatic N) is 1. The summed E-state index contributed by atoms with van der Waals surface area (Å²) in [4.78, 5) is 67.4. The van der Waals surface area contributed by atoms with Crippen molar-refractivity contribution in [2.45, 2.75) is 57.9 Å². The second-order valence-corrected chi connectivity index (χ2v) is 11.0. The lowest BCUT2D eigenvalue weighted by molar-refractivity contribution is -0.135. The number of hydrogen-bond donors (Lipinski definition) is 6. The molecule has 43 heavy (non-hydrogen) atoms. The maximum Gasteiger partial charge on any atom is 0.245 e. The lowest BCUT2D eigenvalue weighted by atomic mass is 10.0. The average molecular weight is 595 g/mol. The van der Waals surface area contributed by atoms with Crippen molar-refractivity contribution in [2.75, 3.05) is 26.2 Å². The number of benzene rings is 2. The number of aliphatic hydroxyl groups is 1. The summed E-state index contributed by atoms with van der Waals surface area (Å²) in [6.45, 7) is 5.12. The number of hydrogen-bond acceptors (Lipinski definition) is 7. The van der Waals surface area contributed by atoms with Crippen LogP contribution in [0.3, 0.4) is 0 Å². The number of aliphatic hydroxyl groups excluding tert-OH is 1. The molecule has 2 aromatic carbocycles. The van der Waals surface area contributed by atoms with E-state index in [0.717, 1.165) is 11.1 Å². The number of amides is 5. The van der Waals surface area contributed by atoms with Crippen LogP contribution in [-0.4, -0.2) is 90.0 Å². The van der Waals surface area contributed by atoms with Gasteiger partial charge in [-0.25, -0.2) is 0 Å². The minimum atomic E-state index is -1.36. The number of carbonyl (C=O) groups is 5. The Morgan fingerprint density at radius 2 is 1.37 bits per heavy atom. The van der Waals surface area contributed by atoms with Gasteiger partial charge in [0, 0.05) is 26.1 Å². The van der Waals surface area contributed by atoms with Gasteiger partial charge in [-0.2, -0.15) is 0 Å². The van der Waals surface area contributed by atoms with E-state index in [1.54, 1.807) is 13.8 Å². The first-order valence-electron chi connectivity index (χ1n) is 14.5. The summed E-state index contributed by atoms with van der Waals surface area (Å²) < 4.78 is 0. The molecule has 232 valence electrons. The fourth-order valence-corrected chi connectivity index (χ4v) is 4.66. The van der Waals surface area contributed by atoms with Gasteiger partial charge < -0.3 is 31.7 Å². The third-order valence-electron chi connectivity index (χ3n) is 7.09. The lowest BCUT2D eigenvalue weighted by Crippen LogP contribution is -2.60. The number of rotatable bonds is 6. The van der Waals surface area contributed by atoms with Crippen molar-refractivity contribution in [1.29, 1.82) is 0 Å². The molecule has 0 aromatic heterocycles. The van der Waals surface area contributed by atoms with Gasteiger partial charge in [-0.1, -0.05) is 74.5 Å². The molecule has 0 radical (unpaired) electrons. The van der Waals surface area contributed by atoms with Crippen LogP contribution in [0.1, 0.15) is 31.9 Å². The zero-order valence-electron chi connectivity index (χ0n) is 24.8. The molecule has 0 aliphatic carbocycles. The molecule has 1 aliphatic heterocycles. The molecule has 12 heteroatoms. The Balaban J connectivity index is 1.88. The molecule has 6 N–H and O–H groups in total. The highest BCUT2D eigenvalue weighted by molar-refractivity contribution is 5.95. The van der Waals surface area contributed by atoms with E-state index in [-0.39, 0.29) is 31.3 Å². The van der Waals surface area contributed by atoms with E-state index in [2.05, 4.69) is 26.6 Å². The monoisotopic (exact) mass is 594 g/mol. The minimum Gasteiger partial charge on any atom is -0.394 e. The maximum atomic E-state index is 13.3. The van der Waals surface area contributed by atoms with Gasteiger partial charge in [0.25, 0.3) is 0 Å². The largest absolute Gasteiger partial charge is 0.394 e. The third kappa shape index (κ3) is 10.5. The van der Waals surface area contributed by atoms with E-state index < -0.39 is 54.4 Å². The Kier molecular flexibility index (Phi) is 12.6. The first-order chi connectivity index (χ1) is 20.6. The summed E-state index contributed by atoms with van der Waals surface area (Å²) in [6.07, 6.45) is 0.170. The molecule has 12 nitrogen and oxygen atoms in total. The maximum absolute atomic E-state index is 13.3. The summed E-state index contributed by atoms with van der Waals surface area (Å²) in [5.74, 6) is -3.14. The van der Waals surface area contributed by atoms with Crippen LogP contribution in [0, 0.1) is 5.92 Å². The van der Waals surface area contributed by atoms with Crippen molar-refractivity contribution < 1.29 is 29.1 Å². The Hall–Kier alpha value is -4.29. The molecular weight excluding hydrogens is 552 g/mol. The van der Waals surface area contributed by atoms with Crippen LogP contribution in [0.15, 0.2) is 60.7 Å². The number of carbonyl (C=O) groups excluding carboxylic acids is 5. The molecule has 1 saturated heterocycles. The Morgan fingerprint density at radius 1 is 0.767 bits per heavy atom. The van der Waals surface area contributed by atoms with Gasteiger partial charge in [-0.05, 0) is 24.0 Å². The molecule has 2 aromatic rings. The molecule has 1 fully saturated rings. The van der Waals surface area contributed by atoms with E-state index in [4.69, 9.17) is 0 Å². The van der Waals surface area contributed by atoms with Crippen molar-refractivity contribution in [3.63, 3.8) is 0 Å². The zero-order chi connectivity index (χ0) is 31.4. The van der Waals surface area contributed by atoms with Crippen LogP contribution >= 0.6 is 0 Å². The van der Waals surface area contributed by atoms with Crippen molar-refractivity contribution in [3.8, 4) is 0 Å². The van der Waals surface area contributed by atoms with Crippen molar-refractivity contribution >= 4 is 29.5 Å². The van der Waals surface area contributed by atoms with Gasteiger partial charge in [0.05, 0.1) is 13.2 Å². The molecule has 1 aliphatic rings. The van der Waals surface area contributed by atoms with Gasteiger partial charge in [0.2, 0.25) is 29.5 Å². The topological polar surface area (TPSA) is 169 Å².